The van der Waals surface area contributed by atoms with Gasteiger partial charge < -0.3 is 9.13 Å². The summed E-state index contributed by atoms with van der Waals surface area (Å²) in [6, 6.07) is 63.6. The van der Waals surface area contributed by atoms with Crippen LogP contribution < -0.4 is 0 Å². The van der Waals surface area contributed by atoms with Crippen molar-refractivity contribution in [2.45, 2.75) is 0 Å². The third kappa shape index (κ3) is 3.86. The van der Waals surface area contributed by atoms with Gasteiger partial charge in [0.2, 0.25) is 0 Å². The van der Waals surface area contributed by atoms with Crippen molar-refractivity contribution in [2.75, 3.05) is 0 Å². The molecule has 5 heterocycles. The first-order valence-electron chi connectivity index (χ1n) is 18.8. The Morgan fingerprint density at radius 1 is 0.327 bits per heavy atom. The Morgan fingerprint density at radius 3 is 1.47 bits per heavy atom. The van der Waals surface area contributed by atoms with E-state index in [2.05, 4.69) is 171 Å². The van der Waals surface area contributed by atoms with E-state index >= 15 is 0 Å². The third-order valence-electron chi connectivity index (χ3n) is 11.7. The second-order valence-corrected chi connectivity index (χ2v) is 14.6. The summed E-state index contributed by atoms with van der Waals surface area (Å²) in [5.41, 5.74) is 15.4. The van der Waals surface area contributed by atoms with Crippen molar-refractivity contribution in [1.82, 2.24) is 23.5 Å². The van der Waals surface area contributed by atoms with Crippen molar-refractivity contribution in [1.29, 1.82) is 0 Å². The van der Waals surface area contributed by atoms with Gasteiger partial charge in [0.05, 0.1) is 44.1 Å². The maximum Gasteiger partial charge on any atom is 0.165 e. The highest BCUT2D eigenvalue weighted by molar-refractivity contribution is 6.23. The Labute approximate surface area is 313 Å². The maximum atomic E-state index is 5.23. The van der Waals surface area contributed by atoms with Crippen LogP contribution in [0.25, 0.3) is 116 Å². The lowest BCUT2D eigenvalue weighted by molar-refractivity contribution is 1.18. The van der Waals surface area contributed by atoms with Crippen LogP contribution in [0.3, 0.4) is 0 Å². The van der Waals surface area contributed by atoms with E-state index in [0.29, 0.717) is 0 Å². The van der Waals surface area contributed by atoms with Gasteiger partial charge in [0, 0.05) is 49.1 Å². The average molecular weight is 700 g/mol. The quantitative estimate of drug-likeness (QED) is 0.184. The molecule has 0 aliphatic rings. The van der Waals surface area contributed by atoms with E-state index in [4.69, 9.17) is 9.97 Å². The highest BCUT2D eigenvalue weighted by Crippen LogP contribution is 2.43. The SMILES string of the molecule is c1ccc(-n2c3ccccc3c3cc(-c4ccc5c(c4)c4ccccc4n5-c4cc5c6ccccc6n6c7nc8ccccc8nc7c(c4)c56)ccc32)cc1. The van der Waals surface area contributed by atoms with Crippen LogP contribution >= 0.6 is 0 Å². The summed E-state index contributed by atoms with van der Waals surface area (Å²) in [5, 5.41) is 8.50. The molecule has 0 saturated heterocycles. The number of hydrogen-bond acceptors (Lipinski definition) is 2. The molecule has 0 amide bonds. The number of benzene rings is 8. The summed E-state index contributed by atoms with van der Waals surface area (Å²) in [6.07, 6.45) is 0. The lowest BCUT2D eigenvalue weighted by atomic mass is 10.0. The molecule has 0 aliphatic heterocycles. The van der Waals surface area contributed by atoms with Crippen molar-refractivity contribution in [3.8, 4) is 22.5 Å². The molecule has 0 N–H and O–H groups in total. The van der Waals surface area contributed by atoms with Crippen molar-refractivity contribution in [3.05, 3.63) is 176 Å². The molecule has 55 heavy (non-hydrogen) atoms. The zero-order valence-corrected chi connectivity index (χ0v) is 29.5. The van der Waals surface area contributed by atoms with Gasteiger partial charge in [-0.25, -0.2) is 9.97 Å². The van der Waals surface area contributed by atoms with E-state index in [-0.39, 0.29) is 0 Å². The average Bonchev–Trinajstić information content (AvgIpc) is 3.96. The fourth-order valence-corrected chi connectivity index (χ4v) is 9.38. The van der Waals surface area contributed by atoms with Gasteiger partial charge >= 0.3 is 0 Å². The molecule has 0 saturated carbocycles. The molecule has 0 unspecified atom stereocenters. The summed E-state index contributed by atoms with van der Waals surface area (Å²) in [5.74, 6) is 0. The Morgan fingerprint density at radius 2 is 0.818 bits per heavy atom. The van der Waals surface area contributed by atoms with E-state index in [9.17, 15) is 0 Å². The normalized spacial score (nSPS) is 12.4. The van der Waals surface area contributed by atoms with Crippen molar-refractivity contribution in [3.63, 3.8) is 0 Å². The van der Waals surface area contributed by atoms with Gasteiger partial charge in [-0.15, -0.1) is 0 Å². The predicted molar refractivity (Wildman–Crippen MR) is 228 cm³/mol. The van der Waals surface area contributed by atoms with Gasteiger partial charge in [-0.2, -0.15) is 0 Å². The summed E-state index contributed by atoms with van der Waals surface area (Å²) in [6.45, 7) is 0. The fourth-order valence-electron chi connectivity index (χ4n) is 9.38. The molecule has 5 nitrogen and oxygen atoms in total. The first-order valence-corrected chi connectivity index (χ1v) is 18.8. The van der Waals surface area contributed by atoms with Crippen LogP contribution in [0.4, 0.5) is 0 Å². The van der Waals surface area contributed by atoms with Gasteiger partial charge in [0.1, 0.15) is 5.52 Å². The number of fused-ring (bicyclic) bond motifs is 13. The van der Waals surface area contributed by atoms with E-state index < -0.39 is 0 Å². The standard InChI is InChI=1S/C50H29N5/c1-2-12-32(13-3-1)53-43-19-9-4-14-34(43)37-26-30(22-24-46(37)53)31-23-25-47-38(27-31)35-15-5-10-20-44(35)54(47)33-28-39-36-16-6-11-21-45(36)55-49(39)40(29-33)48-50(55)52-42-18-8-7-17-41(42)51-48/h1-29H. The molecule has 0 fully saturated rings. The summed E-state index contributed by atoms with van der Waals surface area (Å²) < 4.78 is 7.11. The smallest absolute Gasteiger partial charge is 0.165 e. The molecule has 0 radical (unpaired) electrons. The largest absolute Gasteiger partial charge is 0.309 e. The monoisotopic (exact) mass is 699 g/mol. The molecule has 0 bridgehead atoms. The molecule has 13 aromatic rings. The fraction of sp³-hybridized carbons (Fsp3) is 0. The van der Waals surface area contributed by atoms with Gasteiger partial charge in [-0.1, -0.05) is 97.1 Å². The molecule has 8 aromatic carbocycles. The Bertz CT molecular complexity index is 3720. The van der Waals surface area contributed by atoms with Crippen LogP contribution in [0.2, 0.25) is 0 Å². The highest BCUT2D eigenvalue weighted by Gasteiger charge is 2.23. The maximum absolute atomic E-state index is 5.23. The summed E-state index contributed by atoms with van der Waals surface area (Å²) in [4.78, 5) is 10.4. The molecular formula is C50H29N5. The minimum absolute atomic E-state index is 0.896. The minimum Gasteiger partial charge on any atom is -0.309 e. The van der Waals surface area contributed by atoms with Crippen molar-refractivity contribution >= 4 is 93.0 Å². The Balaban J connectivity index is 1.06. The van der Waals surface area contributed by atoms with Gasteiger partial charge in [0.15, 0.2) is 5.65 Å². The predicted octanol–water partition coefficient (Wildman–Crippen LogP) is 12.6. The topological polar surface area (TPSA) is 40.0 Å². The molecule has 0 atom stereocenters. The number of nitrogens with zero attached hydrogens (tertiary/aromatic N) is 5. The molecule has 13 rings (SSSR count). The van der Waals surface area contributed by atoms with Gasteiger partial charge in [-0.05, 0) is 90.0 Å². The Hall–Kier alpha value is -7.50. The molecule has 254 valence electrons. The van der Waals surface area contributed by atoms with E-state index in [1.54, 1.807) is 0 Å². The van der Waals surface area contributed by atoms with Gasteiger partial charge in [-0.3, -0.25) is 4.40 Å². The van der Waals surface area contributed by atoms with E-state index in [1.807, 2.05) is 18.2 Å². The number of hydrogen-bond donors (Lipinski definition) is 0. The van der Waals surface area contributed by atoms with E-state index in [1.165, 1.54) is 76.7 Å². The lowest BCUT2D eigenvalue weighted by Crippen LogP contribution is -1.94. The van der Waals surface area contributed by atoms with E-state index in [0.717, 1.165) is 38.8 Å². The van der Waals surface area contributed by atoms with Crippen LogP contribution in [-0.4, -0.2) is 23.5 Å². The Kier molecular flexibility index (Phi) is 5.57. The van der Waals surface area contributed by atoms with Crippen molar-refractivity contribution < 1.29 is 0 Å². The second kappa shape index (κ2) is 10.6. The highest BCUT2D eigenvalue weighted by atomic mass is 15.0. The number of para-hydroxylation sites is 6. The minimum atomic E-state index is 0.896. The van der Waals surface area contributed by atoms with Crippen LogP contribution in [0.1, 0.15) is 0 Å². The molecule has 5 heteroatoms. The first kappa shape index (κ1) is 29.0. The first-order chi connectivity index (χ1) is 27.3. The second-order valence-electron chi connectivity index (χ2n) is 14.6. The number of rotatable bonds is 3. The lowest BCUT2D eigenvalue weighted by Gasteiger charge is -2.10. The zero-order chi connectivity index (χ0) is 35.8. The molecule has 0 aliphatic carbocycles. The zero-order valence-electron chi connectivity index (χ0n) is 29.5. The van der Waals surface area contributed by atoms with Crippen molar-refractivity contribution in [2.24, 2.45) is 0 Å². The summed E-state index contributed by atoms with van der Waals surface area (Å²) >= 11 is 0. The summed E-state index contributed by atoms with van der Waals surface area (Å²) in [7, 11) is 0. The number of aromatic nitrogens is 5. The van der Waals surface area contributed by atoms with Gasteiger partial charge in [0.25, 0.3) is 0 Å². The third-order valence-corrected chi connectivity index (χ3v) is 11.7. The molecule has 5 aromatic heterocycles. The molecule has 0 spiro atoms. The molecular weight excluding hydrogens is 671 g/mol. The van der Waals surface area contributed by atoms with Crippen LogP contribution in [0.15, 0.2) is 176 Å². The van der Waals surface area contributed by atoms with Crippen LogP contribution in [0, 0.1) is 0 Å². The van der Waals surface area contributed by atoms with Crippen LogP contribution in [-0.2, 0) is 0 Å². The van der Waals surface area contributed by atoms with Crippen LogP contribution in [0.5, 0.6) is 0 Å².